The van der Waals surface area contributed by atoms with Gasteiger partial charge >= 0.3 is 0 Å². The van der Waals surface area contributed by atoms with Gasteiger partial charge < -0.3 is 13.3 Å². The van der Waals surface area contributed by atoms with Crippen molar-refractivity contribution in [3.8, 4) is 158 Å². The fourth-order valence-electron chi connectivity index (χ4n) is 20.4. The van der Waals surface area contributed by atoms with Gasteiger partial charge in [-0.15, -0.1) is 34.0 Å². The van der Waals surface area contributed by atoms with Crippen molar-refractivity contribution in [3.63, 3.8) is 0 Å². The predicted octanol–water partition coefficient (Wildman–Crippen LogP) is 36.9. The average molecular weight is 1950 g/mol. The number of rotatable bonds is 14. The highest BCUT2D eigenvalue weighted by atomic mass is 32.1. The van der Waals surface area contributed by atoms with Gasteiger partial charge in [-0.1, -0.05) is 394 Å². The molecule has 9 aromatic heterocycles. The first-order valence-electron chi connectivity index (χ1n) is 49.1. The van der Waals surface area contributed by atoms with E-state index in [0.29, 0.717) is 52.4 Å². The monoisotopic (exact) mass is 1950 g/mol. The molecule has 21 aromatic carbocycles. The lowest BCUT2D eigenvalue weighted by Gasteiger charge is -2.10. The number of fused-ring (bicyclic) bond motifs is 19. The molecule has 148 heavy (non-hydrogen) atoms. The van der Waals surface area contributed by atoms with E-state index < -0.39 is 0 Å². The van der Waals surface area contributed by atoms with Crippen molar-refractivity contribution in [2.24, 2.45) is 0 Å². The molecule has 0 aliphatic carbocycles. The van der Waals surface area contributed by atoms with Crippen LogP contribution >= 0.6 is 34.0 Å². The van der Waals surface area contributed by atoms with Crippen molar-refractivity contribution in [3.05, 3.63) is 479 Å². The number of hydrogen-bond donors (Lipinski definition) is 0. The van der Waals surface area contributed by atoms with Gasteiger partial charge in [-0.05, 0) is 151 Å². The van der Waals surface area contributed by atoms with Gasteiger partial charge in [0.15, 0.2) is 52.4 Å². The van der Waals surface area contributed by atoms with E-state index in [-0.39, 0.29) is 0 Å². The van der Waals surface area contributed by atoms with Crippen LogP contribution in [0, 0.1) is 0 Å². The molecule has 0 aliphatic heterocycles. The van der Waals surface area contributed by atoms with E-state index in [9.17, 15) is 0 Å². The Kier molecular flexibility index (Phi) is 21.6. The van der Waals surface area contributed by atoms with Gasteiger partial charge in [0.25, 0.3) is 0 Å². The van der Waals surface area contributed by atoms with Gasteiger partial charge in [-0.3, -0.25) is 0 Å². The van der Waals surface area contributed by atoms with E-state index in [1.807, 2.05) is 119 Å². The second-order valence-electron chi connectivity index (χ2n) is 36.9. The zero-order chi connectivity index (χ0) is 97.6. The minimum Gasteiger partial charge on any atom is -0.456 e. The quantitative estimate of drug-likeness (QED) is 0.102. The second kappa shape index (κ2) is 36.7. The van der Waals surface area contributed by atoms with Crippen LogP contribution in [-0.4, -0.2) is 44.9 Å². The molecular weight excluding hydrogens is 1870 g/mol. The lowest BCUT2D eigenvalue weighted by molar-refractivity contribution is 0.668. The van der Waals surface area contributed by atoms with Crippen molar-refractivity contribution in [1.82, 2.24) is 44.9 Å². The number of benzene rings is 21. The third-order valence-corrected chi connectivity index (χ3v) is 31.5. The maximum Gasteiger partial charge on any atom is 0.164 e. The molecule has 0 fully saturated rings. The smallest absolute Gasteiger partial charge is 0.164 e. The molecule has 0 saturated heterocycles. The third-order valence-electron chi connectivity index (χ3n) is 27.9. The molecule has 15 heteroatoms. The molecule has 0 spiro atoms. The van der Waals surface area contributed by atoms with Crippen LogP contribution in [-0.2, 0) is 0 Å². The number of aromatic nitrogens is 9. The third kappa shape index (κ3) is 16.1. The van der Waals surface area contributed by atoms with Crippen LogP contribution in [0.5, 0.6) is 0 Å². The highest BCUT2D eigenvalue weighted by Crippen LogP contribution is 2.47. The number of furan rings is 3. The van der Waals surface area contributed by atoms with Crippen LogP contribution in [0.1, 0.15) is 0 Å². The summed E-state index contributed by atoms with van der Waals surface area (Å²) in [5.41, 5.74) is 24.9. The Hall–Kier alpha value is -19.0. The van der Waals surface area contributed by atoms with Gasteiger partial charge in [-0.25, -0.2) is 44.9 Å². The van der Waals surface area contributed by atoms with E-state index in [1.165, 1.54) is 88.2 Å². The van der Waals surface area contributed by atoms with E-state index >= 15 is 0 Å². The maximum atomic E-state index is 6.24. The number of thiophene rings is 3. The molecule has 0 radical (unpaired) electrons. The lowest BCUT2D eigenvalue weighted by atomic mass is 10.0. The summed E-state index contributed by atoms with van der Waals surface area (Å²) in [6.45, 7) is 0. The standard InChI is InChI=1S/2C45H27N3OS.C43H25N3OS/c1-2-10-28(11-3-1)31-12-8-13-32(26-31)44-46-43(47-45(48-44)33-24-25-36-35-14-4-6-18-39(35)49-40(36)27-33)30-22-20-29(21-23-30)34-16-9-17-38-37-15-5-7-19-41(37)50-42(34)38;1-2-9-28(10-3-1)29-17-21-31(22-18-29)43-46-44(48-45(47-43)33-25-26-36-35-11-4-6-15-39(35)49-40(36)27-33)32-23-19-30(20-24-32)34-13-8-14-38-37-12-5-7-16-41(37)50-42(34)38;1-2-9-29-24-30(21-16-26(29)8-1)42-44-41(45-43(46-42)31-22-23-34-33-10-3-5-14-37(33)47-38(34)25-31)28-19-17-27(18-20-28)32-12-7-13-36-35-11-4-6-15-39(35)48-40(32)36/h2*1-27H;1-25H. The zero-order valence-electron chi connectivity index (χ0n) is 79.1. The van der Waals surface area contributed by atoms with Crippen LogP contribution in [0.3, 0.4) is 0 Å². The Morgan fingerprint density at radius 3 is 0.723 bits per heavy atom. The minimum atomic E-state index is 0.594. The molecule has 0 aliphatic rings. The van der Waals surface area contributed by atoms with Gasteiger partial charge in [0.2, 0.25) is 0 Å². The van der Waals surface area contributed by atoms with Gasteiger partial charge in [-0.2, -0.15) is 0 Å². The highest BCUT2D eigenvalue weighted by molar-refractivity contribution is 7.27. The molecule has 0 amide bonds. The molecule has 0 atom stereocenters. The van der Waals surface area contributed by atoms with E-state index in [4.69, 9.17) is 58.1 Å². The largest absolute Gasteiger partial charge is 0.456 e. The van der Waals surface area contributed by atoms with Crippen LogP contribution in [0.4, 0.5) is 0 Å². The first-order chi connectivity index (χ1) is 73.2. The maximum absolute atomic E-state index is 6.24. The van der Waals surface area contributed by atoms with E-state index in [1.54, 1.807) is 0 Å². The van der Waals surface area contributed by atoms with Crippen LogP contribution < -0.4 is 0 Å². The van der Waals surface area contributed by atoms with Crippen LogP contribution in [0.15, 0.2) is 492 Å². The summed E-state index contributed by atoms with van der Waals surface area (Å²) in [7, 11) is 0. The Labute approximate surface area is 859 Å². The Morgan fingerprint density at radius 2 is 0.358 bits per heavy atom. The summed E-state index contributed by atoms with van der Waals surface area (Å²) in [5.74, 6) is 5.52. The molecule has 12 nitrogen and oxygen atoms in total. The van der Waals surface area contributed by atoms with Crippen molar-refractivity contribution in [2.45, 2.75) is 0 Å². The summed E-state index contributed by atoms with van der Waals surface area (Å²) >= 11 is 5.53. The van der Waals surface area contributed by atoms with Crippen molar-refractivity contribution in [1.29, 1.82) is 0 Å². The number of hydrogen-bond acceptors (Lipinski definition) is 15. The summed E-state index contributed by atoms with van der Waals surface area (Å²) in [6.07, 6.45) is 0. The molecule has 0 saturated carbocycles. The summed E-state index contributed by atoms with van der Waals surface area (Å²) in [5, 5.41) is 16.6. The van der Waals surface area contributed by atoms with Gasteiger partial charge in [0.05, 0.1) is 0 Å². The Morgan fingerprint density at radius 1 is 0.128 bits per heavy atom. The molecule has 30 aromatic rings. The fourth-order valence-corrected chi connectivity index (χ4v) is 24.2. The molecule has 30 rings (SSSR count). The Bertz CT molecular complexity index is 10500. The Balaban J connectivity index is 0.000000107. The summed E-state index contributed by atoms with van der Waals surface area (Å²) in [6, 6.07) is 167. The van der Waals surface area contributed by atoms with E-state index in [0.717, 1.165) is 155 Å². The van der Waals surface area contributed by atoms with Crippen molar-refractivity contribution >= 4 is 171 Å². The normalized spacial score (nSPS) is 11.6. The molecule has 9 heterocycles. The number of para-hydroxylation sites is 3. The van der Waals surface area contributed by atoms with Crippen molar-refractivity contribution in [2.75, 3.05) is 0 Å². The fraction of sp³-hybridized carbons (Fsp3) is 0. The van der Waals surface area contributed by atoms with E-state index in [2.05, 4.69) is 394 Å². The van der Waals surface area contributed by atoms with Crippen LogP contribution in [0.2, 0.25) is 0 Å². The number of nitrogens with zero attached hydrogens (tertiary/aromatic N) is 9. The highest BCUT2D eigenvalue weighted by Gasteiger charge is 2.24. The summed E-state index contributed by atoms with van der Waals surface area (Å²) < 4.78 is 26.5. The topological polar surface area (TPSA) is 155 Å². The first kappa shape index (κ1) is 86.8. The van der Waals surface area contributed by atoms with Gasteiger partial charge in [0.1, 0.15) is 33.5 Å². The first-order valence-corrected chi connectivity index (χ1v) is 51.6. The van der Waals surface area contributed by atoms with Gasteiger partial charge in [0, 0.05) is 143 Å². The van der Waals surface area contributed by atoms with Crippen molar-refractivity contribution < 1.29 is 13.3 Å². The lowest BCUT2D eigenvalue weighted by Crippen LogP contribution is -2.00. The molecule has 0 bridgehead atoms. The van der Waals surface area contributed by atoms with Crippen LogP contribution in [0.25, 0.3) is 295 Å². The average Bonchev–Trinajstić information content (AvgIpc) is 1.60. The molecular formula is C133H79N9O3S3. The summed E-state index contributed by atoms with van der Waals surface area (Å²) in [4.78, 5) is 45.4. The predicted molar refractivity (Wildman–Crippen MR) is 614 cm³/mol. The molecule has 692 valence electrons. The molecule has 0 unspecified atom stereocenters. The SMILES string of the molecule is c1ccc(-c2ccc(-c3nc(-c4ccc(-c5cccc6c5sc5ccccc56)cc4)nc(-c4ccc5c(c4)oc4ccccc45)n3)cc2)cc1.c1ccc(-c2cccc(-c3nc(-c4ccc(-c5cccc6c5sc5ccccc56)cc4)nc(-c4ccc5c(c4)oc4ccccc45)n3)c2)cc1.c1ccc2cc(-c3nc(-c4ccc(-c5cccc6c5sc5ccccc56)cc4)nc(-c4ccc5c(c4)oc4ccccc45)n3)ccc2c1. The minimum absolute atomic E-state index is 0.594. The molecule has 0 N–H and O–H groups in total. The zero-order valence-corrected chi connectivity index (χ0v) is 81.5. The second-order valence-corrected chi connectivity index (χ2v) is 40.0.